The third-order valence-electron chi connectivity index (χ3n) is 3.98. The summed E-state index contributed by atoms with van der Waals surface area (Å²) in [6.07, 6.45) is 3.77. The van der Waals surface area contributed by atoms with Crippen molar-refractivity contribution in [1.82, 2.24) is 5.32 Å². The normalized spacial score (nSPS) is 23.6. The highest BCUT2D eigenvalue weighted by Gasteiger charge is 2.26. The third kappa shape index (κ3) is 3.58. The lowest BCUT2D eigenvalue weighted by Crippen LogP contribution is -2.38. The molecule has 0 aliphatic heterocycles. The van der Waals surface area contributed by atoms with Crippen molar-refractivity contribution in [2.45, 2.75) is 44.7 Å². The Bertz CT molecular complexity index is 503. The van der Waals surface area contributed by atoms with Gasteiger partial charge in [-0.25, -0.2) is 0 Å². The van der Waals surface area contributed by atoms with E-state index in [-0.39, 0.29) is 23.9 Å². The van der Waals surface area contributed by atoms with Gasteiger partial charge in [-0.3, -0.25) is 4.79 Å². The van der Waals surface area contributed by atoms with Gasteiger partial charge in [-0.15, -0.1) is 0 Å². The SMILES string of the molecule is CC(NC(=O)C1CCCC(N)C1)c1ccc(C#N)cc1. The van der Waals surface area contributed by atoms with Crippen LogP contribution in [-0.2, 0) is 4.79 Å². The number of benzene rings is 1. The van der Waals surface area contributed by atoms with Crippen LogP contribution < -0.4 is 11.1 Å². The van der Waals surface area contributed by atoms with Crippen LogP contribution in [0.1, 0.15) is 49.8 Å². The number of nitrogens with zero attached hydrogens (tertiary/aromatic N) is 1. The summed E-state index contributed by atoms with van der Waals surface area (Å²) in [6.45, 7) is 1.96. The number of hydrogen-bond acceptors (Lipinski definition) is 3. The average molecular weight is 271 g/mol. The summed E-state index contributed by atoms with van der Waals surface area (Å²) >= 11 is 0. The van der Waals surface area contributed by atoms with Gasteiger partial charge >= 0.3 is 0 Å². The van der Waals surface area contributed by atoms with Crippen molar-refractivity contribution in [3.63, 3.8) is 0 Å². The lowest BCUT2D eigenvalue weighted by molar-refractivity contribution is -0.126. The molecule has 1 fully saturated rings. The molecule has 106 valence electrons. The highest BCUT2D eigenvalue weighted by Crippen LogP contribution is 2.24. The van der Waals surface area contributed by atoms with Gasteiger partial charge in [0.05, 0.1) is 17.7 Å². The first-order chi connectivity index (χ1) is 9.60. The Morgan fingerprint density at radius 1 is 1.40 bits per heavy atom. The van der Waals surface area contributed by atoms with E-state index in [1.807, 2.05) is 19.1 Å². The molecule has 1 aromatic rings. The molecule has 4 nitrogen and oxygen atoms in total. The van der Waals surface area contributed by atoms with Gasteiger partial charge in [0, 0.05) is 12.0 Å². The predicted molar refractivity (Wildman–Crippen MR) is 77.6 cm³/mol. The van der Waals surface area contributed by atoms with Crippen molar-refractivity contribution in [2.75, 3.05) is 0 Å². The first-order valence-electron chi connectivity index (χ1n) is 7.16. The zero-order valence-corrected chi connectivity index (χ0v) is 11.8. The minimum Gasteiger partial charge on any atom is -0.349 e. The molecule has 0 saturated heterocycles. The molecule has 1 aliphatic rings. The number of nitriles is 1. The maximum Gasteiger partial charge on any atom is 0.223 e. The second-order valence-corrected chi connectivity index (χ2v) is 5.59. The van der Waals surface area contributed by atoms with E-state index in [1.165, 1.54) is 0 Å². The quantitative estimate of drug-likeness (QED) is 0.885. The molecule has 3 atom stereocenters. The van der Waals surface area contributed by atoms with E-state index in [4.69, 9.17) is 11.0 Å². The van der Waals surface area contributed by atoms with Gasteiger partial charge in [-0.05, 0) is 43.9 Å². The summed E-state index contributed by atoms with van der Waals surface area (Å²) in [7, 11) is 0. The summed E-state index contributed by atoms with van der Waals surface area (Å²) in [5, 5.41) is 11.8. The molecule has 0 aromatic heterocycles. The second-order valence-electron chi connectivity index (χ2n) is 5.59. The van der Waals surface area contributed by atoms with Crippen molar-refractivity contribution in [2.24, 2.45) is 11.7 Å². The Hall–Kier alpha value is -1.86. The predicted octanol–water partition coefficient (Wildman–Crippen LogP) is 2.25. The van der Waals surface area contributed by atoms with Crippen LogP contribution in [0.5, 0.6) is 0 Å². The summed E-state index contributed by atoms with van der Waals surface area (Å²) in [4.78, 5) is 12.2. The molecule has 1 amide bonds. The first-order valence-corrected chi connectivity index (χ1v) is 7.16. The Labute approximate surface area is 120 Å². The van der Waals surface area contributed by atoms with Crippen LogP contribution in [0.25, 0.3) is 0 Å². The fourth-order valence-corrected chi connectivity index (χ4v) is 2.73. The van der Waals surface area contributed by atoms with Crippen molar-refractivity contribution in [3.8, 4) is 6.07 Å². The molecule has 4 heteroatoms. The summed E-state index contributed by atoms with van der Waals surface area (Å²) in [6, 6.07) is 9.51. The lowest BCUT2D eigenvalue weighted by atomic mass is 9.85. The highest BCUT2D eigenvalue weighted by atomic mass is 16.1. The van der Waals surface area contributed by atoms with Crippen LogP contribution in [0.3, 0.4) is 0 Å². The number of rotatable bonds is 3. The largest absolute Gasteiger partial charge is 0.349 e. The van der Waals surface area contributed by atoms with Crippen LogP contribution in [0, 0.1) is 17.2 Å². The van der Waals surface area contributed by atoms with Crippen LogP contribution in [0.2, 0.25) is 0 Å². The lowest BCUT2D eigenvalue weighted by Gasteiger charge is -2.27. The molecule has 0 bridgehead atoms. The average Bonchev–Trinajstić information content (AvgIpc) is 2.47. The Morgan fingerprint density at radius 3 is 2.70 bits per heavy atom. The van der Waals surface area contributed by atoms with Crippen LogP contribution in [0.15, 0.2) is 24.3 Å². The molecule has 0 heterocycles. The Kier molecular flexibility index (Phi) is 4.75. The van der Waals surface area contributed by atoms with Gasteiger partial charge in [0.2, 0.25) is 5.91 Å². The van der Waals surface area contributed by atoms with Crippen molar-refractivity contribution >= 4 is 5.91 Å². The summed E-state index contributed by atoms with van der Waals surface area (Å²) in [5.41, 5.74) is 7.57. The number of amides is 1. The fraction of sp³-hybridized carbons (Fsp3) is 0.500. The van der Waals surface area contributed by atoms with E-state index in [0.29, 0.717) is 5.56 Å². The van der Waals surface area contributed by atoms with E-state index in [2.05, 4.69) is 11.4 Å². The molecule has 1 saturated carbocycles. The van der Waals surface area contributed by atoms with E-state index in [1.54, 1.807) is 12.1 Å². The van der Waals surface area contributed by atoms with Crippen LogP contribution in [-0.4, -0.2) is 11.9 Å². The molecule has 0 spiro atoms. The topological polar surface area (TPSA) is 78.9 Å². The maximum atomic E-state index is 12.2. The monoisotopic (exact) mass is 271 g/mol. The molecule has 1 aromatic carbocycles. The second kappa shape index (κ2) is 6.53. The molecule has 2 rings (SSSR count). The van der Waals surface area contributed by atoms with E-state index in [9.17, 15) is 4.79 Å². The molecule has 0 radical (unpaired) electrons. The van der Waals surface area contributed by atoms with Gasteiger partial charge < -0.3 is 11.1 Å². The van der Waals surface area contributed by atoms with Gasteiger partial charge in [0.25, 0.3) is 0 Å². The fourth-order valence-electron chi connectivity index (χ4n) is 2.73. The molecule has 1 aliphatic carbocycles. The van der Waals surface area contributed by atoms with E-state index >= 15 is 0 Å². The number of nitrogens with two attached hydrogens (primary N) is 1. The number of hydrogen-bond donors (Lipinski definition) is 2. The number of carbonyl (C=O) groups is 1. The Balaban J connectivity index is 1.94. The molecular weight excluding hydrogens is 250 g/mol. The van der Waals surface area contributed by atoms with Crippen molar-refractivity contribution in [3.05, 3.63) is 35.4 Å². The van der Waals surface area contributed by atoms with Crippen molar-refractivity contribution in [1.29, 1.82) is 5.26 Å². The standard InChI is InChI=1S/C16H21N3O/c1-11(13-7-5-12(10-17)6-8-13)19-16(20)14-3-2-4-15(18)9-14/h5-8,11,14-15H,2-4,9,18H2,1H3,(H,19,20). The van der Waals surface area contributed by atoms with Crippen LogP contribution >= 0.6 is 0 Å². The molecule has 3 unspecified atom stereocenters. The van der Waals surface area contributed by atoms with E-state index in [0.717, 1.165) is 31.2 Å². The molecule has 20 heavy (non-hydrogen) atoms. The zero-order chi connectivity index (χ0) is 14.5. The van der Waals surface area contributed by atoms with Gasteiger partial charge in [0.1, 0.15) is 0 Å². The van der Waals surface area contributed by atoms with Gasteiger partial charge in [-0.2, -0.15) is 5.26 Å². The summed E-state index contributed by atoms with van der Waals surface area (Å²) < 4.78 is 0. The minimum atomic E-state index is -0.0478. The highest BCUT2D eigenvalue weighted by molar-refractivity contribution is 5.79. The number of carbonyl (C=O) groups excluding carboxylic acids is 1. The maximum absolute atomic E-state index is 12.2. The Morgan fingerprint density at radius 2 is 2.10 bits per heavy atom. The van der Waals surface area contributed by atoms with Crippen LogP contribution in [0.4, 0.5) is 0 Å². The van der Waals surface area contributed by atoms with Crippen molar-refractivity contribution < 1.29 is 4.79 Å². The molecule has 3 N–H and O–H groups in total. The van der Waals surface area contributed by atoms with E-state index < -0.39 is 0 Å². The summed E-state index contributed by atoms with van der Waals surface area (Å²) in [5.74, 6) is 0.136. The minimum absolute atomic E-state index is 0.0413. The smallest absolute Gasteiger partial charge is 0.223 e. The molecular formula is C16H21N3O. The number of nitrogens with one attached hydrogen (secondary N) is 1. The first kappa shape index (κ1) is 14.5. The van der Waals surface area contributed by atoms with Gasteiger partial charge in [-0.1, -0.05) is 18.6 Å². The zero-order valence-electron chi connectivity index (χ0n) is 11.8. The third-order valence-corrected chi connectivity index (χ3v) is 3.98. The van der Waals surface area contributed by atoms with Gasteiger partial charge in [0.15, 0.2) is 0 Å².